The number of ether oxygens (including phenoxy) is 2. The molecule has 1 aromatic rings. The molecule has 1 rings (SSSR count). The van der Waals surface area contributed by atoms with Crippen molar-refractivity contribution in [3.63, 3.8) is 0 Å². The van der Waals surface area contributed by atoms with Crippen molar-refractivity contribution in [3.8, 4) is 0 Å². The molecule has 0 radical (unpaired) electrons. The first-order valence-electron chi connectivity index (χ1n) is 8.72. The largest absolute Gasteiger partial charge is 0.465 e. The van der Waals surface area contributed by atoms with Gasteiger partial charge in [-0.3, -0.25) is 4.79 Å². The van der Waals surface area contributed by atoms with Gasteiger partial charge in [0.05, 0.1) is 12.7 Å². The molecule has 0 saturated carbocycles. The summed E-state index contributed by atoms with van der Waals surface area (Å²) in [5, 5.41) is 3.09. The lowest BCUT2D eigenvalue weighted by Crippen LogP contribution is -2.06. The summed E-state index contributed by atoms with van der Waals surface area (Å²) < 4.78 is 10.1. The van der Waals surface area contributed by atoms with E-state index in [4.69, 9.17) is 9.47 Å². The molecule has 27 heavy (non-hydrogen) atoms. The minimum absolute atomic E-state index is 0.399. The van der Waals surface area contributed by atoms with Crippen molar-refractivity contribution < 1.29 is 19.1 Å². The third-order valence-corrected chi connectivity index (χ3v) is 3.80. The number of benzene rings is 1. The maximum Gasteiger partial charge on any atom is 0.338 e. The lowest BCUT2D eigenvalue weighted by Gasteiger charge is -2.12. The highest BCUT2D eigenvalue weighted by atomic mass is 16.5. The van der Waals surface area contributed by atoms with Gasteiger partial charge in [-0.25, -0.2) is 4.79 Å². The molecule has 5 nitrogen and oxygen atoms in total. The Labute approximate surface area is 161 Å². The van der Waals surface area contributed by atoms with Crippen LogP contribution in [0.3, 0.4) is 0 Å². The fourth-order valence-corrected chi connectivity index (χ4v) is 2.48. The average molecular weight is 369 g/mol. The molecule has 0 fully saturated rings. The predicted molar refractivity (Wildman–Crippen MR) is 109 cm³/mol. The monoisotopic (exact) mass is 369 g/mol. The molecule has 0 amide bonds. The summed E-state index contributed by atoms with van der Waals surface area (Å²) in [5.41, 5.74) is 3.07. The summed E-state index contributed by atoms with van der Waals surface area (Å²) in [7, 11) is 3.16. The van der Waals surface area contributed by atoms with Gasteiger partial charge < -0.3 is 14.8 Å². The van der Waals surface area contributed by atoms with Gasteiger partial charge in [0.1, 0.15) is 5.76 Å². The van der Waals surface area contributed by atoms with Crippen LogP contribution in [-0.4, -0.2) is 26.1 Å². The van der Waals surface area contributed by atoms with E-state index in [1.165, 1.54) is 14.0 Å². The Kier molecular flexibility index (Phi) is 9.37. The van der Waals surface area contributed by atoms with Crippen molar-refractivity contribution in [2.45, 2.75) is 26.7 Å². The number of para-hydroxylation sites is 1. The predicted octanol–water partition coefficient (Wildman–Crippen LogP) is 4.64. The molecule has 0 aliphatic heterocycles. The lowest BCUT2D eigenvalue weighted by atomic mass is 10.00. The Hall–Kier alpha value is -3.08. The molecule has 0 spiro atoms. The van der Waals surface area contributed by atoms with Gasteiger partial charge in [-0.15, -0.1) is 0 Å². The maximum absolute atomic E-state index is 12.3. The quantitative estimate of drug-likeness (QED) is 0.297. The van der Waals surface area contributed by atoms with E-state index in [0.717, 1.165) is 23.2 Å². The molecule has 0 heterocycles. The topological polar surface area (TPSA) is 64.6 Å². The second-order valence-electron chi connectivity index (χ2n) is 5.66. The third-order valence-electron chi connectivity index (χ3n) is 3.80. The zero-order chi connectivity index (χ0) is 20.2. The third kappa shape index (κ3) is 6.98. The van der Waals surface area contributed by atoms with E-state index in [1.807, 2.05) is 37.3 Å². The van der Waals surface area contributed by atoms with Crippen LogP contribution >= 0.6 is 0 Å². The van der Waals surface area contributed by atoms with Gasteiger partial charge in [0.25, 0.3) is 0 Å². The van der Waals surface area contributed by atoms with Crippen LogP contribution < -0.4 is 5.32 Å². The first-order valence-corrected chi connectivity index (χ1v) is 8.72. The van der Waals surface area contributed by atoms with Crippen LogP contribution in [0.25, 0.3) is 5.57 Å². The van der Waals surface area contributed by atoms with Crippen LogP contribution in [0.4, 0.5) is 5.69 Å². The highest BCUT2D eigenvalue weighted by Crippen LogP contribution is 2.26. The van der Waals surface area contributed by atoms with E-state index < -0.39 is 11.9 Å². The number of rotatable bonds is 9. The van der Waals surface area contributed by atoms with Gasteiger partial charge in [0, 0.05) is 25.2 Å². The summed E-state index contributed by atoms with van der Waals surface area (Å²) in [6, 6.07) is 7.53. The fraction of sp³-hybridized carbons (Fsp3) is 0.273. The van der Waals surface area contributed by atoms with Crippen LogP contribution in [0.15, 0.2) is 66.5 Å². The van der Waals surface area contributed by atoms with E-state index in [1.54, 1.807) is 25.3 Å². The molecule has 0 aromatic heterocycles. The van der Waals surface area contributed by atoms with E-state index in [2.05, 4.69) is 11.9 Å². The van der Waals surface area contributed by atoms with Crippen molar-refractivity contribution in [1.29, 1.82) is 0 Å². The molecule has 0 saturated heterocycles. The van der Waals surface area contributed by atoms with Crippen molar-refractivity contribution in [3.05, 3.63) is 72.0 Å². The normalized spacial score (nSPS) is 12.4. The standard InChI is InChI=1S/C22H27NO4/c1-6-10-18(27-16(3)24)15-17(7-2)13-14-20(22(25)26-5)19-11-8-9-12-21(19)23-4/h6,8-12,14-15,23H,1,7,13H2,2-5H3/b17-15+,18-10+,20-14+. The summed E-state index contributed by atoms with van der Waals surface area (Å²) in [4.78, 5) is 23.6. The summed E-state index contributed by atoms with van der Waals surface area (Å²) in [6.45, 7) is 6.98. The van der Waals surface area contributed by atoms with Gasteiger partial charge in [-0.1, -0.05) is 49.4 Å². The lowest BCUT2D eigenvalue weighted by molar-refractivity contribution is -0.136. The van der Waals surface area contributed by atoms with E-state index >= 15 is 0 Å². The summed E-state index contributed by atoms with van der Waals surface area (Å²) in [5.74, 6) is -0.392. The molecule has 0 atom stereocenters. The molecule has 144 valence electrons. The summed E-state index contributed by atoms with van der Waals surface area (Å²) in [6.07, 6.45) is 8.04. The summed E-state index contributed by atoms with van der Waals surface area (Å²) >= 11 is 0. The second-order valence-corrected chi connectivity index (χ2v) is 5.66. The molecule has 0 unspecified atom stereocenters. The number of nitrogens with one attached hydrogen (secondary N) is 1. The number of carbonyl (C=O) groups is 2. The Morgan fingerprint density at radius 3 is 2.52 bits per heavy atom. The number of allylic oxidation sites excluding steroid dienone is 5. The van der Waals surface area contributed by atoms with Crippen molar-refractivity contribution in [2.24, 2.45) is 0 Å². The van der Waals surface area contributed by atoms with Gasteiger partial charge in [0.2, 0.25) is 0 Å². The van der Waals surface area contributed by atoms with Crippen molar-refractivity contribution in [2.75, 3.05) is 19.5 Å². The number of anilines is 1. The van der Waals surface area contributed by atoms with Crippen LogP contribution in [0.5, 0.6) is 0 Å². The molecule has 1 aromatic carbocycles. The molecular weight excluding hydrogens is 342 g/mol. The Bertz CT molecular complexity index is 772. The van der Waals surface area contributed by atoms with Crippen LogP contribution in [0, 0.1) is 0 Å². The van der Waals surface area contributed by atoms with E-state index in [-0.39, 0.29) is 0 Å². The first-order chi connectivity index (χ1) is 13.0. The average Bonchev–Trinajstić information content (AvgIpc) is 2.66. The molecule has 5 heteroatoms. The fourth-order valence-electron chi connectivity index (χ4n) is 2.48. The Balaban J connectivity index is 3.25. The highest BCUT2D eigenvalue weighted by Gasteiger charge is 2.15. The number of esters is 2. The zero-order valence-corrected chi connectivity index (χ0v) is 16.4. The smallest absolute Gasteiger partial charge is 0.338 e. The van der Waals surface area contributed by atoms with Crippen molar-refractivity contribution >= 4 is 23.2 Å². The Morgan fingerprint density at radius 1 is 1.26 bits per heavy atom. The highest BCUT2D eigenvalue weighted by molar-refractivity contribution is 6.18. The number of carbonyl (C=O) groups excluding carboxylic acids is 2. The molecular formula is C22H27NO4. The van der Waals surface area contributed by atoms with E-state index in [9.17, 15) is 9.59 Å². The van der Waals surface area contributed by atoms with Gasteiger partial charge in [0.15, 0.2) is 0 Å². The van der Waals surface area contributed by atoms with Gasteiger partial charge in [-0.2, -0.15) is 0 Å². The number of hydrogen-bond acceptors (Lipinski definition) is 5. The van der Waals surface area contributed by atoms with Gasteiger partial charge >= 0.3 is 11.9 Å². The molecule has 1 N–H and O–H groups in total. The number of methoxy groups -OCH3 is 1. The zero-order valence-electron chi connectivity index (χ0n) is 16.4. The van der Waals surface area contributed by atoms with Crippen LogP contribution in [0.2, 0.25) is 0 Å². The maximum atomic E-state index is 12.3. The molecule has 0 aliphatic carbocycles. The SMILES string of the molecule is C=C/C=C(\C=C(/CC)C/C=C(/C(=O)OC)c1ccccc1NC)OC(C)=O. The molecule has 0 bridgehead atoms. The van der Waals surface area contributed by atoms with Crippen LogP contribution in [-0.2, 0) is 19.1 Å². The van der Waals surface area contributed by atoms with Gasteiger partial charge in [-0.05, 0) is 31.1 Å². The van der Waals surface area contributed by atoms with E-state index in [0.29, 0.717) is 17.8 Å². The second kappa shape index (κ2) is 11.5. The Morgan fingerprint density at radius 2 is 1.96 bits per heavy atom. The minimum Gasteiger partial charge on any atom is -0.465 e. The van der Waals surface area contributed by atoms with Crippen molar-refractivity contribution in [1.82, 2.24) is 0 Å². The minimum atomic E-state index is -0.407. The first kappa shape index (κ1) is 22.0. The van der Waals surface area contributed by atoms with Crippen LogP contribution in [0.1, 0.15) is 32.3 Å². The molecule has 0 aliphatic rings. The number of hydrogen-bond donors (Lipinski definition) is 1.